The van der Waals surface area contributed by atoms with Crippen molar-refractivity contribution in [1.29, 1.82) is 0 Å². The van der Waals surface area contributed by atoms with Gasteiger partial charge in [0.15, 0.2) is 0 Å². The number of hydrogen-bond acceptors (Lipinski definition) is 6. The maximum Gasteiger partial charge on any atom is 0.0573 e. The highest BCUT2D eigenvalue weighted by Gasteiger charge is 2.24. The minimum absolute atomic E-state index is 0.819. The number of nitrogen functional groups attached to an aromatic ring is 2. The van der Waals surface area contributed by atoms with Crippen LogP contribution in [0.5, 0.6) is 0 Å². The molecule has 0 unspecified atom stereocenters. The molecule has 0 aliphatic carbocycles. The number of rotatable bonds is 7. The van der Waals surface area contributed by atoms with Crippen LogP contribution in [-0.2, 0) is 0 Å². The molecule has 4 nitrogen and oxygen atoms in total. The number of hydrogen-bond donors (Lipinski definition) is 2. The van der Waals surface area contributed by atoms with Crippen molar-refractivity contribution in [3.05, 3.63) is 84.9 Å². The first kappa shape index (κ1) is 23.2. The summed E-state index contributed by atoms with van der Waals surface area (Å²) in [5.41, 5.74) is 19.0. The van der Waals surface area contributed by atoms with E-state index in [9.17, 15) is 0 Å². The van der Waals surface area contributed by atoms with Gasteiger partial charge in [0.25, 0.3) is 0 Å². The van der Waals surface area contributed by atoms with E-state index in [0.717, 1.165) is 37.3 Å². The van der Waals surface area contributed by atoms with Crippen molar-refractivity contribution in [2.45, 2.75) is 45.3 Å². The van der Waals surface area contributed by atoms with Gasteiger partial charge in [-0.2, -0.15) is 0 Å². The number of fused-ring (bicyclic) bond motifs is 4. The van der Waals surface area contributed by atoms with Gasteiger partial charge in [-0.15, -0.1) is 0 Å². The summed E-state index contributed by atoms with van der Waals surface area (Å²) in [7, 11) is 0. The number of unbranched alkanes of at least 4 members (excludes halogenated alkanes) is 3. The standard InChI is InChI=1S/C30H30N4S2/c31-21-13-15-29-25(19-21)33(23-9-3-5-11-27(23)35-29)17-7-1-2-8-18-34-24-10-4-6-12-28(24)36-30-16-14-22(32)20-26(30)34/h3-6,9-16,19-20H,1-2,7-8,17-18,31-32H2. The molecule has 0 saturated heterocycles. The molecular formula is C30H30N4S2. The summed E-state index contributed by atoms with van der Waals surface area (Å²) in [6.07, 6.45) is 4.67. The maximum absolute atomic E-state index is 6.16. The fourth-order valence-electron chi connectivity index (χ4n) is 5.07. The molecule has 182 valence electrons. The Bertz CT molecular complexity index is 1300. The maximum atomic E-state index is 6.16. The van der Waals surface area contributed by atoms with Gasteiger partial charge in [0.2, 0.25) is 0 Å². The molecule has 36 heavy (non-hydrogen) atoms. The first-order chi connectivity index (χ1) is 17.7. The first-order valence-corrected chi connectivity index (χ1v) is 14.2. The highest BCUT2D eigenvalue weighted by atomic mass is 32.2. The normalized spacial score (nSPS) is 13.6. The second kappa shape index (κ2) is 10.0. The largest absolute Gasteiger partial charge is 0.399 e. The molecule has 0 spiro atoms. The number of nitrogens with zero attached hydrogens (tertiary/aromatic N) is 2. The first-order valence-electron chi connectivity index (χ1n) is 12.6. The van der Waals surface area contributed by atoms with Gasteiger partial charge in [-0.3, -0.25) is 0 Å². The van der Waals surface area contributed by atoms with E-state index in [2.05, 4.69) is 82.6 Å². The quantitative estimate of drug-likeness (QED) is 0.193. The molecule has 6 rings (SSSR count). The third kappa shape index (κ3) is 4.51. The molecule has 4 N–H and O–H groups in total. The minimum atomic E-state index is 0.819. The van der Waals surface area contributed by atoms with Crippen LogP contribution in [0.25, 0.3) is 0 Å². The van der Waals surface area contributed by atoms with Crippen LogP contribution in [0.15, 0.2) is 105 Å². The lowest BCUT2D eigenvalue weighted by Crippen LogP contribution is -2.23. The van der Waals surface area contributed by atoms with E-state index < -0.39 is 0 Å². The molecule has 0 radical (unpaired) electrons. The molecule has 0 bridgehead atoms. The Labute approximate surface area is 221 Å². The van der Waals surface area contributed by atoms with Gasteiger partial charge in [-0.05, 0) is 73.5 Å². The van der Waals surface area contributed by atoms with Gasteiger partial charge in [0.1, 0.15) is 0 Å². The SMILES string of the molecule is Nc1ccc2c(c1)N(CCCCCCN1c3ccccc3Sc3ccc(N)cc31)c1ccccc1S2. The van der Waals surface area contributed by atoms with Crippen molar-refractivity contribution in [2.75, 3.05) is 34.4 Å². The summed E-state index contributed by atoms with van der Waals surface area (Å²) in [5, 5.41) is 0. The second-order valence-corrected chi connectivity index (χ2v) is 11.5. The van der Waals surface area contributed by atoms with Crippen molar-refractivity contribution in [2.24, 2.45) is 0 Å². The summed E-state index contributed by atoms with van der Waals surface area (Å²) in [6.45, 7) is 1.99. The lowest BCUT2D eigenvalue weighted by Gasteiger charge is -2.33. The van der Waals surface area contributed by atoms with Crippen molar-refractivity contribution < 1.29 is 0 Å². The molecule has 2 aliphatic rings. The van der Waals surface area contributed by atoms with E-state index in [0.29, 0.717) is 0 Å². The Kier molecular flexibility index (Phi) is 6.46. The van der Waals surface area contributed by atoms with Gasteiger partial charge in [0, 0.05) is 44.0 Å². The van der Waals surface area contributed by atoms with E-state index in [-0.39, 0.29) is 0 Å². The number of benzene rings is 4. The molecule has 6 heteroatoms. The van der Waals surface area contributed by atoms with Gasteiger partial charge in [-0.25, -0.2) is 0 Å². The molecule has 0 aromatic heterocycles. The molecule has 2 heterocycles. The Morgan fingerprint density at radius 2 is 0.889 bits per heavy atom. The molecular weight excluding hydrogens is 480 g/mol. The fraction of sp³-hybridized carbons (Fsp3) is 0.200. The Hall–Kier alpha value is -3.22. The van der Waals surface area contributed by atoms with E-state index in [1.165, 1.54) is 55.2 Å². The van der Waals surface area contributed by atoms with Gasteiger partial charge in [0.05, 0.1) is 22.7 Å². The summed E-state index contributed by atoms with van der Waals surface area (Å²) >= 11 is 3.67. The van der Waals surface area contributed by atoms with Crippen LogP contribution in [0.4, 0.5) is 34.1 Å². The molecule has 0 atom stereocenters. The van der Waals surface area contributed by atoms with Crippen molar-refractivity contribution >= 4 is 57.6 Å². The monoisotopic (exact) mass is 510 g/mol. The van der Waals surface area contributed by atoms with E-state index in [1.807, 2.05) is 35.7 Å². The van der Waals surface area contributed by atoms with E-state index in [4.69, 9.17) is 11.5 Å². The van der Waals surface area contributed by atoms with E-state index in [1.54, 1.807) is 0 Å². The zero-order valence-electron chi connectivity index (χ0n) is 20.2. The lowest BCUT2D eigenvalue weighted by atomic mass is 10.1. The highest BCUT2D eigenvalue weighted by molar-refractivity contribution is 8.00. The van der Waals surface area contributed by atoms with Gasteiger partial charge in [-0.1, -0.05) is 60.6 Å². The van der Waals surface area contributed by atoms with Crippen LogP contribution in [0.2, 0.25) is 0 Å². The smallest absolute Gasteiger partial charge is 0.0573 e. The summed E-state index contributed by atoms with van der Waals surface area (Å²) in [6, 6.07) is 29.9. The third-order valence-electron chi connectivity index (χ3n) is 6.81. The van der Waals surface area contributed by atoms with Crippen LogP contribution < -0.4 is 21.3 Å². The van der Waals surface area contributed by atoms with E-state index >= 15 is 0 Å². The van der Waals surface area contributed by atoms with Crippen LogP contribution >= 0.6 is 23.5 Å². The molecule has 0 saturated carbocycles. The Morgan fingerprint density at radius 1 is 0.472 bits per heavy atom. The lowest BCUT2D eigenvalue weighted by molar-refractivity contribution is 0.640. The number of para-hydroxylation sites is 2. The summed E-state index contributed by atoms with van der Waals surface area (Å²) in [5.74, 6) is 0. The molecule has 4 aromatic carbocycles. The van der Waals surface area contributed by atoms with Crippen LogP contribution in [0, 0.1) is 0 Å². The van der Waals surface area contributed by atoms with Crippen LogP contribution in [0.3, 0.4) is 0 Å². The van der Waals surface area contributed by atoms with Crippen LogP contribution in [0.1, 0.15) is 25.7 Å². The third-order valence-corrected chi connectivity index (χ3v) is 9.07. The fourth-order valence-corrected chi connectivity index (χ4v) is 7.22. The minimum Gasteiger partial charge on any atom is -0.399 e. The summed E-state index contributed by atoms with van der Waals surface area (Å²) < 4.78 is 0. The van der Waals surface area contributed by atoms with Crippen LogP contribution in [-0.4, -0.2) is 13.1 Å². The predicted octanol–water partition coefficient (Wildman–Crippen LogP) is 8.32. The van der Waals surface area contributed by atoms with Gasteiger partial charge >= 0.3 is 0 Å². The van der Waals surface area contributed by atoms with Crippen molar-refractivity contribution in [3.8, 4) is 0 Å². The highest BCUT2D eigenvalue weighted by Crippen LogP contribution is 2.50. The average Bonchev–Trinajstić information content (AvgIpc) is 2.90. The average molecular weight is 511 g/mol. The predicted molar refractivity (Wildman–Crippen MR) is 155 cm³/mol. The Balaban J connectivity index is 1.10. The Morgan fingerprint density at radius 3 is 1.36 bits per heavy atom. The topological polar surface area (TPSA) is 58.5 Å². The second-order valence-electron chi connectivity index (χ2n) is 9.31. The van der Waals surface area contributed by atoms with Crippen molar-refractivity contribution in [3.63, 3.8) is 0 Å². The number of anilines is 6. The summed E-state index contributed by atoms with van der Waals surface area (Å²) in [4.78, 5) is 10.1. The van der Waals surface area contributed by atoms with Crippen molar-refractivity contribution in [1.82, 2.24) is 0 Å². The molecule has 0 amide bonds. The number of nitrogens with two attached hydrogens (primary N) is 2. The zero-order valence-corrected chi connectivity index (χ0v) is 21.8. The zero-order chi connectivity index (χ0) is 24.5. The van der Waals surface area contributed by atoms with Gasteiger partial charge < -0.3 is 21.3 Å². The molecule has 4 aromatic rings. The molecule has 2 aliphatic heterocycles. The molecule has 0 fully saturated rings.